The Bertz CT molecular complexity index is 1340. The van der Waals surface area contributed by atoms with Gasteiger partial charge in [-0.1, -0.05) is 73.5 Å². The molecule has 1 unspecified atom stereocenters. The van der Waals surface area contributed by atoms with Crippen LogP contribution in [0, 0.1) is 0 Å². The highest BCUT2D eigenvalue weighted by atomic mass is 32.2. The quantitative estimate of drug-likeness (QED) is 0.315. The number of fused-ring (bicyclic) bond motifs is 2. The molecule has 0 bridgehead atoms. The standard InChI is InChI=1S/C27H24NO2PS2/c1-28-21-8-4-6-10-23(21)32-25(28)16-20(18-12-14-19(15-13-18)27(29)30-2)17-26-31(3)22-9-5-7-11-24(22)33-26/h4-17,31H,1-3H3/b20-17-,25-16+. The zero-order chi connectivity index (χ0) is 22.9. The summed E-state index contributed by atoms with van der Waals surface area (Å²) in [6.45, 7) is 2.37. The van der Waals surface area contributed by atoms with Crippen molar-refractivity contribution in [1.82, 2.24) is 0 Å². The van der Waals surface area contributed by atoms with Crippen molar-refractivity contribution in [2.75, 3.05) is 25.7 Å². The second-order valence-corrected chi connectivity index (χ2v) is 12.7. The van der Waals surface area contributed by atoms with Gasteiger partial charge in [0.1, 0.15) is 0 Å². The normalized spacial score (nSPS) is 18.5. The van der Waals surface area contributed by atoms with E-state index >= 15 is 0 Å². The largest absolute Gasteiger partial charge is 0.465 e. The molecule has 2 heterocycles. The van der Waals surface area contributed by atoms with Gasteiger partial charge in [0.15, 0.2) is 0 Å². The van der Waals surface area contributed by atoms with Gasteiger partial charge in [-0.15, -0.1) is 0 Å². The predicted molar refractivity (Wildman–Crippen MR) is 146 cm³/mol. The van der Waals surface area contributed by atoms with Crippen LogP contribution in [0.5, 0.6) is 0 Å². The molecule has 0 fully saturated rings. The number of ether oxygens (including phenoxy) is 1. The molecule has 3 aromatic rings. The van der Waals surface area contributed by atoms with Gasteiger partial charge in [-0.2, -0.15) is 0 Å². The number of anilines is 1. The molecule has 0 radical (unpaired) electrons. The van der Waals surface area contributed by atoms with Crippen molar-refractivity contribution in [2.45, 2.75) is 9.79 Å². The Balaban J connectivity index is 1.57. The highest BCUT2D eigenvalue weighted by Crippen LogP contribution is 2.46. The van der Waals surface area contributed by atoms with Crippen molar-refractivity contribution in [1.29, 1.82) is 0 Å². The number of nitrogens with zero attached hydrogens (tertiary/aromatic N) is 1. The molecule has 6 heteroatoms. The number of allylic oxidation sites excluding steroid dienone is 2. The molecule has 3 aromatic carbocycles. The topological polar surface area (TPSA) is 29.5 Å². The summed E-state index contributed by atoms with van der Waals surface area (Å²) in [5, 5.41) is 2.66. The summed E-state index contributed by atoms with van der Waals surface area (Å²) in [4.78, 5) is 16.8. The number of methoxy groups -OCH3 is 1. The van der Waals surface area contributed by atoms with E-state index in [9.17, 15) is 4.79 Å². The fourth-order valence-electron chi connectivity index (χ4n) is 3.98. The van der Waals surface area contributed by atoms with Gasteiger partial charge in [-0.3, -0.25) is 0 Å². The molecular weight excluding hydrogens is 465 g/mol. The Morgan fingerprint density at radius 2 is 1.58 bits per heavy atom. The van der Waals surface area contributed by atoms with E-state index in [1.165, 1.54) is 37.5 Å². The SMILES string of the molecule is COC(=O)c1ccc(C(=C\C2=[PH](C)c3ccccc3S2)/C=C2/Sc3ccccc3N2C)cc1. The van der Waals surface area contributed by atoms with Crippen molar-refractivity contribution in [3.8, 4) is 0 Å². The van der Waals surface area contributed by atoms with E-state index < -0.39 is 7.55 Å². The maximum atomic E-state index is 11.9. The fraction of sp³-hybridized carbons (Fsp3) is 0.111. The minimum Gasteiger partial charge on any atom is -0.465 e. The molecule has 0 aromatic heterocycles. The zero-order valence-corrected chi connectivity index (χ0v) is 21.3. The lowest BCUT2D eigenvalue weighted by molar-refractivity contribution is 0.0600. The van der Waals surface area contributed by atoms with Crippen LogP contribution in [0.1, 0.15) is 15.9 Å². The molecule has 0 amide bonds. The molecule has 33 heavy (non-hydrogen) atoms. The van der Waals surface area contributed by atoms with Gasteiger partial charge < -0.3 is 9.64 Å². The summed E-state index contributed by atoms with van der Waals surface area (Å²) < 4.78 is 6.30. The summed E-state index contributed by atoms with van der Waals surface area (Å²) in [6, 6.07) is 24.9. The van der Waals surface area contributed by atoms with Crippen LogP contribution < -0.4 is 10.2 Å². The average molecular weight is 490 g/mol. The minimum absolute atomic E-state index is 0.317. The molecular formula is C27H24NO2PS2. The second-order valence-electron chi connectivity index (χ2n) is 7.87. The second kappa shape index (κ2) is 9.34. The number of rotatable bonds is 4. The van der Waals surface area contributed by atoms with Crippen LogP contribution in [0.2, 0.25) is 0 Å². The van der Waals surface area contributed by atoms with Crippen LogP contribution >= 0.6 is 31.1 Å². The van der Waals surface area contributed by atoms with Gasteiger partial charge in [0.05, 0.1) is 23.4 Å². The summed E-state index contributed by atoms with van der Waals surface area (Å²) >= 11 is 3.68. The number of carbonyl (C=O) groups excluding carboxylic acids is 1. The molecule has 0 saturated carbocycles. The molecule has 0 spiro atoms. The number of hydrogen-bond acceptors (Lipinski definition) is 5. The first-order chi connectivity index (χ1) is 16.0. The molecule has 2 aliphatic rings. The highest BCUT2D eigenvalue weighted by Gasteiger charge is 2.22. The van der Waals surface area contributed by atoms with E-state index in [0.29, 0.717) is 5.56 Å². The Morgan fingerprint density at radius 1 is 0.909 bits per heavy atom. The zero-order valence-electron chi connectivity index (χ0n) is 18.7. The lowest BCUT2D eigenvalue weighted by Crippen LogP contribution is -2.09. The van der Waals surface area contributed by atoms with E-state index in [0.717, 1.165) is 11.1 Å². The molecule has 2 aliphatic heterocycles. The number of thioether (sulfide) groups is 2. The predicted octanol–water partition coefficient (Wildman–Crippen LogP) is 6.35. The smallest absolute Gasteiger partial charge is 0.337 e. The lowest BCUT2D eigenvalue weighted by Gasteiger charge is -2.15. The Kier molecular flexibility index (Phi) is 6.29. The molecule has 5 rings (SSSR count). The highest BCUT2D eigenvalue weighted by molar-refractivity contribution is 8.23. The average Bonchev–Trinajstić information content (AvgIpc) is 3.34. The van der Waals surface area contributed by atoms with E-state index in [2.05, 4.69) is 79.3 Å². The number of carbonyl (C=O) groups is 1. The van der Waals surface area contributed by atoms with Gasteiger partial charge in [-0.25, -0.2) is 4.79 Å². The molecule has 1 atom stereocenters. The molecule has 0 aliphatic carbocycles. The lowest BCUT2D eigenvalue weighted by atomic mass is 10.0. The summed E-state index contributed by atoms with van der Waals surface area (Å²) in [5.41, 5.74) is 4.01. The van der Waals surface area contributed by atoms with E-state index in [1.54, 1.807) is 11.8 Å². The third kappa shape index (κ3) is 4.33. The maximum Gasteiger partial charge on any atom is 0.337 e. The van der Waals surface area contributed by atoms with Crippen molar-refractivity contribution in [2.24, 2.45) is 0 Å². The molecule has 0 N–H and O–H groups in total. The van der Waals surface area contributed by atoms with Crippen LogP contribution in [0.15, 0.2) is 99.8 Å². The number of para-hydroxylation sites is 1. The van der Waals surface area contributed by atoms with E-state index in [4.69, 9.17) is 4.74 Å². The first-order valence-corrected chi connectivity index (χ1v) is 14.3. The van der Waals surface area contributed by atoms with Crippen LogP contribution in [0.25, 0.3) is 5.57 Å². The third-order valence-electron chi connectivity index (χ3n) is 5.86. The molecule has 3 nitrogen and oxygen atoms in total. The van der Waals surface area contributed by atoms with Gasteiger partial charge in [0.2, 0.25) is 0 Å². The summed E-state index contributed by atoms with van der Waals surface area (Å²) in [7, 11) is 2.73. The summed E-state index contributed by atoms with van der Waals surface area (Å²) in [5.74, 6) is -0.317. The van der Waals surface area contributed by atoms with Gasteiger partial charge in [-0.05, 0) is 65.6 Å². The van der Waals surface area contributed by atoms with Crippen LogP contribution in [-0.4, -0.2) is 31.4 Å². The number of benzene rings is 3. The number of esters is 1. The van der Waals surface area contributed by atoms with E-state index in [1.807, 2.05) is 36.0 Å². The van der Waals surface area contributed by atoms with Crippen LogP contribution in [-0.2, 0) is 4.74 Å². The molecule has 0 saturated heterocycles. The summed E-state index contributed by atoms with van der Waals surface area (Å²) in [6.07, 6.45) is 4.61. The van der Waals surface area contributed by atoms with Crippen molar-refractivity contribution < 1.29 is 9.53 Å². The Labute approximate surface area is 203 Å². The maximum absolute atomic E-state index is 11.9. The van der Waals surface area contributed by atoms with Gasteiger partial charge in [0, 0.05) is 21.5 Å². The van der Waals surface area contributed by atoms with Crippen molar-refractivity contribution in [3.05, 3.63) is 101 Å². The fourth-order valence-corrected chi connectivity index (χ4v) is 9.15. The van der Waals surface area contributed by atoms with Gasteiger partial charge >= 0.3 is 5.97 Å². The van der Waals surface area contributed by atoms with Crippen LogP contribution in [0.3, 0.4) is 0 Å². The first-order valence-electron chi connectivity index (χ1n) is 10.7. The van der Waals surface area contributed by atoms with Crippen LogP contribution in [0.4, 0.5) is 5.69 Å². The van der Waals surface area contributed by atoms with Crippen molar-refractivity contribution >= 4 is 58.2 Å². The first kappa shape index (κ1) is 22.2. The Hall–Kier alpha value is -2.59. The molecule has 166 valence electrons. The third-order valence-corrected chi connectivity index (χ3v) is 11.5. The minimum atomic E-state index is -0.799. The monoisotopic (exact) mass is 489 g/mol. The number of hydrogen-bond donors (Lipinski definition) is 0. The van der Waals surface area contributed by atoms with E-state index in [-0.39, 0.29) is 5.97 Å². The van der Waals surface area contributed by atoms with Gasteiger partial charge in [0.25, 0.3) is 0 Å². The van der Waals surface area contributed by atoms with Crippen molar-refractivity contribution in [3.63, 3.8) is 0 Å². The Morgan fingerprint density at radius 3 is 2.27 bits per heavy atom.